The van der Waals surface area contributed by atoms with E-state index in [-0.39, 0.29) is 5.97 Å². The van der Waals surface area contributed by atoms with Gasteiger partial charge >= 0.3 is 5.97 Å². The molecule has 0 aromatic heterocycles. The van der Waals surface area contributed by atoms with Gasteiger partial charge in [-0.1, -0.05) is 6.08 Å². The standard InChI is InChI=1S/C10H17NO2/c1-2-13-10(12)6-5-9-11-7-3-4-8-11/h5-6H,2-4,7-9H2,1H3/b6-5-. The second kappa shape index (κ2) is 5.75. The van der Waals surface area contributed by atoms with Gasteiger partial charge in [0.25, 0.3) is 0 Å². The maximum atomic E-state index is 10.9. The average molecular weight is 183 g/mol. The molecule has 3 nitrogen and oxygen atoms in total. The summed E-state index contributed by atoms with van der Waals surface area (Å²) in [5.41, 5.74) is 0. The number of esters is 1. The van der Waals surface area contributed by atoms with Crippen LogP contribution in [0, 0.1) is 0 Å². The maximum Gasteiger partial charge on any atom is 0.330 e. The summed E-state index contributed by atoms with van der Waals surface area (Å²) in [6, 6.07) is 0. The van der Waals surface area contributed by atoms with Crippen LogP contribution in [0.1, 0.15) is 19.8 Å². The summed E-state index contributed by atoms with van der Waals surface area (Å²) in [6.45, 7) is 5.46. The van der Waals surface area contributed by atoms with Crippen LogP contribution in [0.5, 0.6) is 0 Å². The number of carbonyl (C=O) groups is 1. The van der Waals surface area contributed by atoms with E-state index < -0.39 is 0 Å². The Labute approximate surface area is 79.4 Å². The van der Waals surface area contributed by atoms with Gasteiger partial charge in [-0.2, -0.15) is 0 Å². The van der Waals surface area contributed by atoms with Crippen molar-refractivity contribution in [3.05, 3.63) is 12.2 Å². The number of nitrogens with zero attached hydrogens (tertiary/aromatic N) is 1. The molecule has 0 aliphatic carbocycles. The van der Waals surface area contributed by atoms with Crippen LogP contribution in [-0.2, 0) is 9.53 Å². The molecule has 1 aliphatic heterocycles. The summed E-state index contributed by atoms with van der Waals surface area (Å²) in [4.78, 5) is 13.2. The first-order valence-corrected chi connectivity index (χ1v) is 4.88. The molecule has 1 heterocycles. The van der Waals surface area contributed by atoms with Crippen LogP contribution in [-0.4, -0.2) is 37.1 Å². The van der Waals surface area contributed by atoms with Crippen LogP contribution in [0.3, 0.4) is 0 Å². The third kappa shape index (κ3) is 4.08. The van der Waals surface area contributed by atoms with Crippen molar-refractivity contribution in [1.82, 2.24) is 4.90 Å². The highest BCUT2D eigenvalue weighted by molar-refractivity contribution is 5.81. The Morgan fingerprint density at radius 3 is 2.77 bits per heavy atom. The predicted octanol–water partition coefficient (Wildman–Crippen LogP) is 1.20. The third-order valence-electron chi connectivity index (χ3n) is 2.10. The van der Waals surface area contributed by atoms with Gasteiger partial charge < -0.3 is 4.74 Å². The Bertz CT molecular complexity index is 183. The first kappa shape index (κ1) is 10.3. The lowest BCUT2D eigenvalue weighted by atomic mass is 10.4. The molecule has 74 valence electrons. The molecule has 0 unspecified atom stereocenters. The highest BCUT2D eigenvalue weighted by atomic mass is 16.5. The van der Waals surface area contributed by atoms with Gasteiger partial charge in [0.15, 0.2) is 0 Å². The normalized spacial score (nSPS) is 18.2. The van der Waals surface area contributed by atoms with Crippen LogP contribution in [0.15, 0.2) is 12.2 Å². The lowest BCUT2D eigenvalue weighted by molar-refractivity contribution is -0.137. The minimum Gasteiger partial charge on any atom is -0.463 e. The first-order valence-electron chi connectivity index (χ1n) is 4.88. The molecule has 0 N–H and O–H groups in total. The average Bonchev–Trinajstić information content (AvgIpc) is 2.57. The first-order chi connectivity index (χ1) is 6.33. The van der Waals surface area contributed by atoms with Gasteiger partial charge in [0.2, 0.25) is 0 Å². The monoisotopic (exact) mass is 183 g/mol. The smallest absolute Gasteiger partial charge is 0.330 e. The Balaban J connectivity index is 2.12. The molecule has 0 amide bonds. The van der Waals surface area contributed by atoms with Crippen LogP contribution < -0.4 is 0 Å². The summed E-state index contributed by atoms with van der Waals surface area (Å²) in [5, 5.41) is 0. The van der Waals surface area contributed by atoms with Crippen LogP contribution in [0.4, 0.5) is 0 Å². The molecule has 0 bridgehead atoms. The van der Waals surface area contributed by atoms with E-state index in [0.29, 0.717) is 6.61 Å². The van der Waals surface area contributed by atoms with Crippen molar-refractivity contribution in [1.29, 1.82) is 0 Å². The molecule has 3 heteroatoms. The third-order valence-corrected chi connectivity index (χ3v) is 2.10. The van der Waals surface area contributed by atoms with E-state index in [1.54, 1.807) is 0 Å². The summed E-state index contributed by atoms with van der Waals surface area (Å²) < 4.78 is 4.76. The number of hydrogen-bond donors (Lipinski definition) is 0. The largest absolute Gasteiger partial charge is 0.463 e. The van der Waals surface area contributed by atoms with Crippen molar-refractivity contribution in [2.75, 3.05) is 26.2 Å². The Hall–Kier alpha value is -0.830. The summed E-state index contributed by atoms with van der Waals surface area (Å²) in [6.07, 6.45) is 5.96. The molecular formula is C10H17NO2. The number of carbonyl (C=O) groups excluding carboxylic acids is 1. The SMILES string of the molecule is CCOC(=O)/C=C\CN1CCCC1. The molecule has 1 fully saturated rings. The second-order valence-electron chi connectivity index (χ2n) is 3.16. The van der Waals surface area contributed by atoms with Crippen LogP contribution >= 0.6 is 0 Å². The van der Waals surface area contributed by atoms with Crippen LogP contribution in [0.2, 0.25) is 0 Å². The lowest BCUT2D eigenvalue weighted by Gasteiger charge is -2.10. The van der Waals surface area contributed by atoms with Gasteiger partial charge in [-0.3, -0.25) is 4.90 Å². The van der Waals surface area contributed by atoms with Gasteiger partial charge in [0.1, 0.15) is 0 Å². The van der Waals surface area contributed by atoms with Crippen molar-refractivity contribution >= 4 is 5.97 Å². The van der Waals surface area contributed by atoms with E-state index in [9.17, 15) is 4.79 Å². The van der Waals surface area contributed by atoms with E-state index in [2.05, 4.69) is 4.90 Å². The van der Waals surface area contributed by atoms with E-state index in [4.69, 9.17) is 4.74 Å². The molecule has 1 saturated heterocycles. The van der Waals surface area contributed by atoms with Crippen molar-refractivity contribution in [3.63, 3.8) is 0 Å². The molecule has 0 atom stereocenters. The fourth-order valence-electron chi connectivity index (χ4n) is 1.45. The minimum atomic E-state index is -0.235. The number of ether oxygens (including phenoxy) is 1. The molecule has 0 aromatic carbocycles. The van der Waals surface area contributed by atoms with E-state index in [1.807, 2.05) is 13.0 Å². The zero-order valence-corrected chi connectivity index (χ0v) is 8.16. The molecule has 1 aliphatic rings. The van der Waals surface area contributed by atoms with E-state index in [0.717, 1.165) is 19.6 Å². The fourth-order valence-corrected chi connectivity index (χ4v) is 1.45. The van der Waals surface area contributed by atoms with Gasteiger partial charge in [0.05, 0.1) is 6.61 Å². The maximum absolute atomic E-state index is 10.9. The van der Waals surface area contributed by atoms with Crippen molar-refractivity contribution in [2.24, 2.45) is 0 Å². The van der Waals surface area contributed by atoms with Gasteiger partial charge in [-0.25, -0.2) is 4.79 Å². The Morgan fingerprint density at radius 1 is 1.46 bits per heavy atom. The topological polar surface area (TPSA) is 29.5 Å². The van der Waals surface area contributed by atoms with Crippen molar-refractivity contribution in [3.8, 4) is 0 Å². The van der Waals surface area contributed by atoms with Crippen molar-refractivity contribution < 1.29 is 9.53 Å². The van der Waals surface area contributed by atoms with Gasteiger partial charge in [-0.05, 0) is 32.9 Å². The van der Waals surface area contributed by atoms with Gasteiger partial charge in [-0.15, -0.1) is 0 Å². The highest BCUT2D eigenvalue weighted by Gasteiger charge is 2.08. The molecule has 0 spiro atoms. The zero-order valence-electron chi connectivity index (χ0n) is 8.16. The Kier molecular flexibility index (Phi) is 4.54. The number of rotatable bonds is 4. The molecule has 0 saturated carbocycles. The lowest BCUT2D eigenvalue weighted by Crippen LogP contribution is -2.19. The van der Waals surface area contributed by atoms with Crippen LogP contribution in [0.25, 0.3) is 0 Å². The molecule has 1 rings (SSSR count). The van der Waals surface area contributed by atoms with Crippen molar-refractivity contribution in [2.45, 2.75) is 19.8 Å². The predicted molar refractivity (Wildman–Crippen MR) is 51.4 cm³/mol. The molecular weight excluding hydrogens is 166 g/mol. The Morgan fingerprint density at radius 2 is 2.15 bits per heavy atom. The second-order valence-corrected chi connectivity index (χ2v) is 3.16. The highest BCUT2D eigenvalue weighted by Crippen LogP contribution is 2.06. The summed E-state index contributed by atoms with van der Waals surface area (Å²) in [5.74, 6) is -0.235. The summed E-state index contributed by atoms with van der Waals surface area (Å²) >= 11 is 0. The number of hydrogen-bond acceptors (Lipinski definition) is 3. The zero-order chi connectivity index (χ0) is 9.52. The van der Waals surface area contributed by atoms with E-state index in [1.165, 1.54) is 18.9 Å². The van der Waals surface area contributed by atoms with E-state index >= 15 is 0 Å². The molecule has 0 aromatic rings. The summed E-state index contributed by atoms with van der Waals surface area (Å²) in [7, 11) is 0. The minimum absolute atomic E-state index is 0.235. The quantitative estimate of drug-likeness (QED) is 0.484. The van der Waals surface area contributed by atoms with Gasteiger partial charge in [0, 0.05) is 12.6 Å². The number of likely N-dealkylation sites (tertiary alicyclic amines) is 1. The fraction of sp³-hybridized carbons (Fsp3) is 0.700. The molecule has 0 radical (unpaired) electrons. The molecule has 13 heavy (non-hydrogen) atoms.